The zero-order chi connectivity index (χ0) is 24.9. The highest BCUT2D eigenvalue weighted by atomic mass is 32.2. The van der Waals surface area contributed by atoms with Crippen LogP contribution in [0.1, 0.15) is 56.8 Å². The first-order valence-electron chi connectivity index (χ1n) is 12.4. The van der Waals surface area contributed by atoms with Crippen LogP contribution in [0.15, 0.2) is 23.1 Å². The topological polar surface area (TPSA) is 62.3 Å². The van der Waals surface area contributed by atoms with Gasteiger partial charge in [-0.15, -0.1) is 11.8 Å². The van der Waals surface area contributed by atoms with Gasteiger partial charge < -0.3 is 24.1 Å². The van der Waals surface area contributed by atoms with Gasteiger partial charge in [0, 0.05) is 56.5 Å². The van der Waals surface area contributed by atoms with Crippen molar-refractivity contribution >= 4 is 37.2 Å². The average molecular weight is 489 g/mol. The summed E-state index contributed by atoms with van der Waals surface area (Å²) >= 11 is 1.53. The van der Waals surface area contributed by atoms with Gasteiger partial charge in [0.1, 0.15) is 4.75 Å². The molecule has 7 nitrogen and oxygen atoms in total. The number of hydrogen-bond donors (Lipinski definition) is 0. The Hall–Kier alpha value is -1.55. The fraction of sp³-hybridized carbons (Fsp3) is 0.680. The molecule has 1 aromatic rings. The minimum atomic E-state index is -0.689. The summed E-state index contributed by atoms with van der Waals surface area (Å²) in [5, 5.41) is 0. The first-order valence-corrected chi connectivity index (χ1v) is 13.2. The number of unbranched alkanes of at least 4 members (excludes halogenated alkanes) is 1. The van der Waals surface area contributed by atoms with Gasteiger partial charge in [0.2, 0.25) is 5.91 Å². The minimum Gasteiger partial charge on any atom is -0.385 e. The summed E-state index contributed by atoms with van der Waals surface area (Å²) < 4.78 is 9.90. The molecule has 9 heteroatoms. The molecule has 2 heterocycles. The Kier molecular flexibility index (Phi) is 9.49. The van der Waals surface area contributed by atoms with Crippen molar-refractivity contribution in [2.75, 3.05) is 52.0 Å². The maximum Gasteiger partial charge on any atom is 0.254 e. The molecule has 3 rings (SSSR count). The van der Waals surface area contributed by atoms with Crippen molar-refractivity contribution in [1.82, 2.24) is 9.71 Å². The quantitative estimate of drug-likeness (QED) is 0.372. The summed E-state index contributed by atoms with van der Waals surface area (Å²) in [6.07, 6.45) is 3.82. The van der Waals surface area contributed by atoms with Crippen molar-refractivity contribution in [3.05, 3.63) is 23.8 Å². The number of carbonyl (C=O) groups is 2. The summed E-state index contributed by atoms with van der Waals surface area (Å²) in [7, 11) is 5.44. The van der Waals surface area contributed by atoms with Crippen LogP contribution in [0.2, 0.25) is 0 Å². The molecule has 2 aliphatic rings. The van der Waals surface area contributed by atoms with E-state index in [1.54, 1.807) is 14.2 Å². The number of anilines is 1. The van der Waals surface area contributed by atoms with Gasteiger partial charge in [0.15, 0.2) is 7.98 Å². The summed E-state index contributed by atoms with van der Waals surface area (Å²) in [6, 6.07) is 6.15. The summed E-state index contributed by atoms with van der Waals surface area (Å²) in [4.78, 5) is 34.5. The predicted molar refractivity (Wildman–Crippen MR) is 140 cm³/mol. The molecule has 188 valence electrons. The SMILES string of the molecule is BN1CCC[C@@H](N(C(=O)c2ccc3c(c2)N(CCCCOC)C(=O)C(C)(COC)S3)C(C)C)C1. The predicted octanol–water partition coefficient (Wildman–Crippen LogP) is 2.82. The second kappa shape index (κ2) is 11.9. The normalized spacial score (nSPS) is 23.3. The van der Waals surface area contributed by atoms with E-state index in [0.717, 1.165) is 49.4 Å². The van der Waals surface area contributed by atoms with Crippen molar-refractivity contribution < 1.29 is 19.1 Å². The monoisotopic (exact) mass is 489 g/mol. The Morgan fingerprint density at radius 2 is 2.06 bits per heavy atom. The molecule has 2 atom stereocenters. The van der Waals surface area contributed by atoms with E-state index in [2.05, 4.69) is 26.6 Å². The standard InChI is InChI=1S/C25H40BN3O4S/c1-18(2)29(20-9-8-12-27(26)16-20)23(30)19-10-11-22-21(15-19)28(13-6-7-14-32-4)24(31)25(3,34-22)17-33-5/h10-11,15,18,20H,6-9,12-14,16-17,26H2,1-5H3/t20-,25?/m1/s1. The van der Waals surface area contributed by atoms with E-state index in [1.165, 1.54) is 11.8 Å². The number of rotatable bonds is 10. The molecule has 0 saturated carbocycles. The molecule has 0 spiro atoms. The molecule has 1 saturated heterocycles. The lowest BCUT2D eigenvalue weighted by atomic mass is 9.98. The number of amides is 2. The Bertz CT molecular complexity index is 871. The van der Waals surface area contributed by atoms with Crippen LogP contribution in [0, 0.1) is 0 Å². The number of nitrogens with zero attached hydrogens (tertiary/aromatic N) is 3. The van der Waals surface area contributed by atoms with E-state index in [1.807, 2.05) is 34.9 Å². The molecule has 34 heavy (non-hydrogen) atoms. The zero-order valence-corrected chi connectivity index (χ0v) is 22.5. The zero-order valence-electron chi connectivity index (χ0n) is 21.6. The molecular formula is C25H40BN3O4S. The highest BCUT2D eigenvalue weighted by Gasteiger charge is 2.44. The van der Waals surface area contributed by atoms with Gasteiger partial charge in [-0.1, -0.05) is 0 Å². The molecular weight excluding hydrogens is 449 g/mol. The Labute approximate surface area is 209 Å². The number of fused-ring (bicyclic) bond motifs is 1. The van der Waals surface area contributed by atoms with Crippen molar-refractivity contribution in [2.24, 2.45) is 0 Å². The Balaban J connectivity index is 1.92. The Morgan fingerprint density at radius 1 is 1.29 bits per heavy atom. The van der Waals surface area contributed by atoms with E-state index in [9.17, 15) is 9.59 Å². The third-order valence-corrected chi connectivity index (χ3v) is 8.02. The smallest absolute Gasteiger partial charge is 0.254 e. The van der Waals surface area contributed by atoms with Crippen LogP contribution >= 0.6 is 11.8 Å². The van der Waals surface area contributed by atoms with Crippen LogP contribution in [-0.4, -0.2) is 93.4 Å². The van der Waals surface area contributed by atoms with Gasteiger partial charge >= 0.3 is 0 Å². The van der Waals surface area contributed by atoms with Crippen molar-refractivity contribution in [3.63, 3.8) is 0 Å². The summed E-state index contributed by atoms with van der Waals surface area (Å²) in [5.74, 6) is 0.0728. The van der Waals surface area contributed by atoms with Crippen LogP contribution in [0.25, 0.3) is 0 Å². The average Bonchev–Trinajstić information content (AvgIpc) is 2.79. The number of benzene rings is 1. The fourth-order valence-corrected chi connectivity index (χ4v) is 6.34. The third-order valence-electron chi connectivity index (χ3n) is 6.71. The molecule has 2 amide bonds. The van der Waals surface area contributed by atoms with Crippen LogP contribution < -0.4 is 4.90 Å². The molecule has 1 fully saturated rings. The fourth-order valence-electron chi connectivity index (χ4n) is 5.07. The van der Waals surface area contributed by atoms with E-state index >= 15 is 0 Å². The maximum atomic E-state index is 13.8. The number of piperidine rings is 1. The second-order valence-corrected chi connectivity index (χ2v) is 11.5. The van der Waals surface area contributed by atoms with E-state index in [-0.39, 0.29) is 23.9 Å². The molecule has 0 aliphatic carbocycles. The number of hydrogen-bond acceptors (Lipinski definition) is 6. The van der Waals surface area contributed by atoms with Crippen LogP contribution in [-0.2, 0) is 14.3 Å². The second-order valence-electron chi connectivity index (χ2n) is 9.97. The first kappa shape index (κ1) is 27.0. The molecule has 1 aromatic carbocycles. The van der Waals surface area contributed by atoms with E-state index in [4.69, 9.17) is 9.47 Å². The molecule has 0 bridgehead atoms. The van der Waals surface area contributed by atoms with Crippen LogP contribution in [0.3, 0.4) is 0 Å². The van der Waals surface area contributed by atoms with Gasteiger partial charge in [-0.05, 0) is 71.2 Å². The number of methoxy groups -OCH3 is 2. The molecule has 1 unspecified atom stereocenters. The van der Waals surface area contributed by atoms with Gasteiger partial charge in [-0.3, -0.25) is 9.59 Å². The maximum absolute atomic E-state index is 13.8. The van der Waals surface area contributed by atoms with Gasteiger partial charge in [0.25, 0.3) is 5.91 Å². The van der Waals surface area contributed by atoms with Gasteiger partial charge in [-0.2, -0.15) is 0 Å². The molecule has 0 N–H and O–H groups in total. The largest absolute Gasteiger partial charge is 0.385 e. The summed E-state index contributed by atoms with van der Waals surface area (Å²) in [6.45, 7) is 9.67. The minimum absolute atomic E-state index is 0.0310. The number of carbonyl (C=O) groups excluding carboxylic acids is 2. The van der Waals surface area contributed by atoms with Crippen molar-refractivity contribution in [2.45, 2.75) is 68.2 Å². The van der Waals surface area contributed by atoms with E-state index < -0.39 is 4.75 Å². The van der Waals surface area contributed by atoms with Crippen LogP contribution in [0.4, 0.5) is 5.69 Å². The Morgan fingerprint density at radius 3 is 2.71 bits per heavy atom. The van der Waals surface area contributed by atoms with E-state index in [0.29, 0.717) is 25.3 Å². The number of ether oxygens (including phenoxy) is 2. The number of thioether (sulfide) groups is 1. The van der Waals surface area contributed by atoms with Crippen molar-refractivity contribution in [3.8, 4) is 0 Å². The molecule has 0 aromatic heterocycles. The van der Waals surface area contributed by atoms with Crippen LogP contribution in [0.5, 0.6) is 0 Å². The van der Waals surface area contributed by atoms with Gasteiger partial charge in [0.05, 0.1) is 12.3 Å². The highest BCUT2D eigenvalue weighted by Crippen LogP contribution is 2.46. The highest BCUT2D eigenvalue weighted by molar-refractivity contribution is 8.01. The molecule has 2 aliphatic heterocycles. The lowest BCUT2D eigenvalue weighted by molar-refractivity contribution is -0.122. The lowest BCUT2D eigenvalue weighted by Crippen LogP contribution is -2.52. The first-order chi connectivity index (χ1) is 16.2. The third kappa shape index (κ3) is 5.98. The summed E-state index contributed by atoms with van der Waals surface area (Å²) in [5.41, 5.74) is 1.47. The van der Waals surface area contributed by atoms with Crippen molar-refractivity contribution in [1.29, 1.82) is 0 Å². The van der Waals surface area contributed by atoms with Gasteiger partial charge in [-0.25, -0.2) is 0 Å². The molecule has 0 radical (unpaired) electrons. The lowest BCUT2D eigenvalue weighted by Gasteiger charge is -2.41.